The number of rotatable bonds is 6. The van der Waals surface area contributed by atoms with Crippen molar-refractivity contribution in [3.05, 3.63) is 50.4 Å². The zero-order valence-electron chi connectivity index (χ0n) is 16.4. The van der Waals surface area contributed by atoms with Crippen LogP contribution < -0.4 is 20.9 Å². The Kier molecular flexibility index (Phi) is 5.42. The third-order valence-electron chi connectivity index (χ3n) is 4.81. The molecule has 160 valence electrons. The Bertz CT molecular complexity index is 1280. The van der Waals surface area contributed by atoms with E-state index in [-0.39, 0.29) is 31.3 Å². The van der Waals surface area contributed by atoms with E-state index in [2.05, 4.69) is 20.6 Å². The van der Waals surface area contributed by atoms with Crippen LogP contribution in [0.2, 0.25) is 0 Å². The van der Waals surface area contributed by atoms with Crippen molar-refractivity contribution in [2.75, 3.05) is 11.9 Å². The number of aryl methyl sites for hydroxylation is 2. The molecule has 4 N–H and O–H groups in total. The van der Waals surface area contributed by atoms with Crippen molar-refractivity contribution in [1.29, 1.82) is 0 Å². The fourth-order valence-corrected chi connectivity index (χ4v) is 4.44. The van der Waals surface area contributed by atoms with E-state index >= 15 is 0 Å². The molecule has 11 heteroatoms. The van der Waals surface area contributed by atoms with Gasteiger partial charge in [0.1, 0.15) is 10.6 Å². The quantitative estimate of drug-likeness (QED) is 0.452. The van der Waals surface area contributed by atoms with E-state index in [4.69, 9.17) is 9.84 Å². The second-order valence-electron chi connectivity index (χ2n) is 6.99. The maximum atomic E-state index is 12.6. The van der Waals surface area contributed by atoms with Crippen LogP contribution in [0.25, 0.3) is 10.2 Å². The van der Waals surface area contributed by atoms with E-state index in [9.17, 15) is 19.2 Å². The van der Waals surface area contributed by atoms with Gasteiger partial charge in [-0.05, 0) is 36.6 Å². The summed E-state index contributed by atoms with van der Waals surface area (Å²) in [5, 5.41) is 14.6. The summed E-state index contributed by atoms with van der Waals surface area (Å²) in [6, 6.07) is 5.16. The van der Waals surface area contributed by atoms with E-state index in [1.807, 2.05) is 0 Å². The predicted octanol–water partition coefficient (Wildman–Crippen LogP) is 1.57. The van der Waals surface area contributed by atoms with Crippen molar-refractivity contribution < 1.29 is 24.2 Å². The number of benzene rings is 1. The first-order chi connectivity index (χ1) is 14.8. The largest absolute Gasteiger partial charge is 0.482 e. The lowest BCUT2D eigenvalue weighted by Gasteiger charge is -2.18. The number of hydrogen-bond acceptors (Lipinski definition) is 7. The third kappa shape index (κ3) is 4.26. The zero-order chi connectivity index (χ0) is 22.1. The van der Waals surface area contributed by atoms with E-state index in [1.165, 1.54) is 11.3 Å². The molecule has 0 radical (unpaired) electrons. The van der Waals surface area contributed by atoms with Gasteiger partial charge in [-0.25, -0.2) is 4.98 Å². The number of nitrogens with one attached hydrogen (secondary N) is 3. The standard InChI is InChI=1S/C20H18N4O6S/c1-9-13(4-5-15(26)27)31-20-16(9)18(28)23-17(24-20)19(29)21-7-10-2-3-12-11(6-10)22-14(25)8-30-12/h2-3,6H,4-5,7-8H2,1H3,(H,21,29)(H,22,25)(H,26,27)(H,23,24,28). The van der Waals surface area contributed by atoms with E-state index in [0.29, 0.717) is 33.6 Å². The summed E-state index contributed by atoms with van der Waals surface area (Å²) >= 11 is 1.21. The number of ether oxygens (including phenoxy) is 1. The molecule has 2 amide bonds. The molecular weight excluding hydrogens is 424 g/mol. The van der Waals surface area contributed by atoms with Crippen LogP contribution in [0, 0.1) is 6.92 Å². The summed E-state index contributed by atoms with van der Waals surface area (Å²) < 4.78 is 5.30. The van der Waals surface area contributed by atoms with Crippen LogP contribution >= 0.6 is 11.3 Å². The number of carboxylic acid groups (broad SMARTS) is 1. The average molecular weight is 442 g/mol. The van der Waals surface area contributed by atoms with Gasteiger partial charge in [-0.2, -0.15) is 0 Å². The second-order valence-corrected chi connectivity index (χ2v) is 8.07. The lowest BCUT2D eigenvalue weighted by molar-refractivity contribution is -0.137. The molecule has 3 heterocycles. The fraction of sp³-hybridized carbons (Fsp3) is 0.250. The number of thiophene rings is 1. The Morgan fingerprint density at radius 2 is 2.13 bits per heavy atom. The molecule has 1 aromatic carbocycles. The number of aliphatic carboxylic acids is 1. The molecule has 0 spiro atoms. The van der Waals surface area contributed by atoms with Crippen molar-refractivity contribution >= 4 is 45.0 Å². The summed E-state index contributed by atoms with van der Waals surface area (Å²) in [5.41, 5.74) is 1.49. The fourth-order valence-electron chi connectivity index (χ4n) is 3.26. The SMILES string of the molecule is Cc1c(CCC(=O)O)sc2nc(C(=O)NCc3ccc4c(c3)NC(=O)CO4)[nH]c(=O)c12. The van der Waals surface area contributed by atoms with Crippen LogP contribution in [0.15, 0.2) is 23.0 Å². The number of nitrogens with zero attached hydrogens (tertiary/aromatic N) is 1. The lowest BCUT2D eigenvalue weighted by Crippen LogP contribution is -2.28. The highest BCUT2D eigenvalue weighted by Gasteiger charge is 2.19. The Morgan fingerprint density at radius 1 is 1.32 bits per heavy atom. The maximum Gasteiger partial charge on any atom is 0.303 e. The molecule has 0 aliphatic carbocycles. The molecule has 0 bridgehead atoms. The number of amides is 2. The van der Waals surface area contributed by atoms with Gasteiger partial charge < -0.3 is 25.5 Å². The molecule has 0 atom stereocenters. The molecule has 2 aromatic heterocycles. The number of H-pyrrole nitrogens is 1. The van der Waals surface area contributed by atoms with Crippen LogP contribution in [-0.4, -0.2) is 39.5 Å². The summed E-state index contributed by atoms with van der Waals surface area (Å²) in [6.07, 6.45) is 0.243. The number of fused-ring (bicyclic) bond motifs is 2. The number of carbonyl (C=O) groups excluding carboxylic acids is 2. The van der Waals surface area contributed by atoms with Gasteiger partial charge in [0.2, 0.25) is 5.82 Å². The number of carbonyl (C=O) groups is 3. The molecular formula is C20H18N4O6S. The van der Waals surface area contributed by atoms with Crippen molar-refractivity contribution in [2.24, 2.45) is 0 Å². The Morgan fingerprint density at radius 3 is 2.90 bits per heavy atom. The highest BCUT2D eigenvalue weighted by Crippen LogP contribution is 2.29. The lowest BCUT2D eigenvalue weighted by atomic mass is 10.1. The van der Waals surface area contributed by atoms with Gasteiger partial charge in [-0.15, -0.1) is 11.3 Å². The first kappa shape index (κ1) is 20.5. The molecule has 1 aliphatic heterocycles. The van der Waals surface area contributed by atoms with Crippen molar-refractivity contribution in [2.45, 2.75) is 26.3 Å². The van der Waals surface area contributed by atoms with E-state index < -0.39 is 17.4 Å². The number of carboxylic acids is 1. The maximum absolute atomic E-state index is 12.6. The molecule has 0 fully saturated rings. The molecule has 1 aliphatic rings. The minimum absolute atomic E-state index is 0.0369. The van der Waals surface area contributed by atoms with Crippen LogP contribution in [0.4, 0.5) is 5.69 Å². The highest BCUT2D eigenvalue weighted by atomic mass is 32.1. The van der Waals surface area contributed by atoms with Gasteiger partial charge in [0.25, 0.3) is 17.4 Å². The first-order valence-electron chi connectivity index (χ1n) is 9.39. The zero-order valence-corrected chi connectivity index (χ0v) is 17.2. The molecule has 31 heavy (non-hydrogen) atoms. The van der Waals surface area contributed by atoms with Gasteiger partial charge in [0.05, 0.1) is 17.5 Å². The molecule has 10 nitrogen and oxygen atoms in total. The van der Waals surface area contributed by atoms with Gasteiger partial charge in [0.15, 0.2) is 6.61 Å². The van der Waals surface area contributed by atoms with E-state index in [0.717, 1.165) is 10.4 Å². The van der Waals surface area contributed by atoms with Crippen LogP contribution in [0.5, 0.6) is 5.75 Å². The summed E-state index contributed by atoms with van der Waals surface area (Å²) in [4.78, 5) is 55.2. The minimum Gasteiger partial charge on any atom is -0.482 e. The van der Waals surface area contributed by atoms with Crippen molar-refractivity contribution in [3.63, 3.8) is 0 Å². The average Bonchev–Trinajstić information content (AvgIpc) is 3.06. The summed E-state index contributed by atoms with van der Waals surface area (Å²) in [6.45, 7) is 1.85. The highest BCUT2D eigenvalue weighted by molar-refractivity contribution is 7.18. The van der Waals surface area contributed by atoms with Crippen LogP contribution in [0.3, 0.4) is 0 Å². The molecule has 3 aromatic rings. The topological polar surface area (TPSA) is 150 Å². The minimum atomic E-state index is -0.924. The van der Waals surface area contributed by atoms with Gasteiger partial charge in [-0.1, -0.05) is 6.07 Å². The smallest absolute Gasteiger partial charge is 0.303 e. The Labute approximate surface area is 179 Å². The molecule has 0 unspecified atom stereocenters. The van der Waals surface area contributed by atoms with Gasteiger partial charge >= 0.3 is 5.97 Å². The first-order valence-corrected chi connectivity index (χ1v) is 10.2. The summed E-state index contributed by atoms with van der Waals surface area (Å²) in [5.74, 6) is -1.31. The Balaban J connectivity index is 1.51. The summed E-state index contributed by atoms with van der Waals surface area (Å²) in [7, 11) is 0. The third-order valence-corrected chi connectivity index (χ3v) is 6.06. The van der Waals surface area contributed by atoms with Crippen molar-refractivity contribution in [3.8, 4) is 5.75 Å². The second kappa shape index (κ2) is 8.19. The monoisotopic (exact) mass is 442 g/mol. The van der Waals surface area contributed by atoms with Crippen molar-refractivity contribution in [1.82, 2.24) is 15.3 Å². The normalized spacial score (nSPS) is 12.7. The van der Waals surface area contributed by atoms with Crippen LogP contribution in [-0.2, 0) is 22.6 Å². The number of aromatic nitrogens is 2. The van der Waals surface area contributed by atoms with Gasteiger partial charge in [0, 0.05) is 11.4 Å². The van der Waals surface area contributed by atoms with E-state index in [1.54, 1.807) is 25.1 Å². The number of hydrogen-bond donors (Lipinski definition) is 4. The van der Waals surface area contributed by atoms with Gasteiger partial charge in [-0.3, -0.25) is 19.2 Å². The molecule has 0 saturated carbocycles. The number of anilines is 1. The molecule has 0 saturated heterocycles. The number of aromatic amines is 1. The predicted molar refractivity (Wildman–Crippen MR) is 113 cm³/mol. The molecule has 4 rings (SSSR count). The van der Waals surface area contributed by atoms with Crippen LogP contribution in [0.1, 0.15) is 33.0 Å². The Hall–Kier alpha value is -3.73.